The molecule has 0 heterocycles. The monoisotopic (exact) mass is 250 g/mol. The van der Waals surface area contributed by atoms with E-state index in [1.807, 2.05) is 0 Å². The summed E-state index contributed by atoms with van der Waals surface area (Å²) in [7, 11) is 0. The molecule has 96 valence electrons. The van der Waals surface area contributed by atoms with Crippen LogP contribution in [0.4, 0.5) is 5.69 Å². The first-order valence-corrected chi connectivity index (χ1v) is 5.81. The smallest absolute Gasteiger partial charge is 0.314 e. The zero-order valence-electron chi connectivity index (χ0n) is 9.80. The Morgan fingerprint density at radius 2 is 2.22 bits per heavy atom. The standard InChI is InChI=1S/C12H14N2O4/c13-7-8-4-5-10(14(16)17)11(6-8)18-12(15)9-2-1-3-9/h4-6,9H,1-3,7,13H2. The molecule has 0 bridgehead atoms. The lowest BCUT2D eigenvalue weighted by Crippen LogP contribution is -2.26. The molecule has 0 unspecified atom stereocenters. The van der Waals surface area contributed by atoms with Gasteiger partial charge >= 0.3 is 11.7 Å². The molecule has 1 saturated carbocycles. The highest BCUT2D eigenvalue weighted by molar-refractivity contribution is 5.77. The molecular formula is C12H14N2O4. The van der Waals surface area contributed by atoms with Crippen LogP contribution >= 0.6 is 0 Å². The number of carbonyl (C=O) groups excluding carboxylic acids is 1. The minimum atomic E-state index is -0.566. The number of nitrogens with two attached hydrogens (primary N) is 1. The molecule has 0 radical (unpaired) electrons. The lowest BCUT2D eigenvalue weighted by molar-refractivity contribution is -0.385. The van der Waals surface area contributed by atoms with Crippen molar-refractivity contribution >= 4 is 11.7 Å². The second-order valence-corrected chi connectivity index (χ2v) is 4.31. The van der Waals surface area contributed by atoms with E-state index in [9.17, 15) is 14.9 Å². The van der Waals surface area contributed by atoms with Gasteiger partial charge in [0.05, 0.1) is 10.8 Å². The van der Waals surface area contributed by atoms with E-state index in [2.05, 4.69) is 0 Å². The van der Waals surface area contributed by atoms with Gasteiger partial charge in [-0.1, -0.05) is 12.5 Å². The summed E-state index contributed by atoms with van der Waals surface area (Å²) >= 11 is 0. The second-order valence-electron chi connectivity index (χ2n) is 4.31. The van der Waals surface area contributed by atoms with Crippen molar-refractivity contribution in [3.8, 4) is 5.75 Å². The van der Waals surface area contributed by atoms with Crippen LogP contribution in [0.1, 0.15) is 24.8 Å². The Labute approximate surface area is 104 Å². The van der Waals surface area contributed by atoms with Crippen molar-refractivity contribution in [3.63, 3.8) is 0 Å². The van der Waals surface area contributed by atoms with Crippen molar-refractivity contribution in [2.24, 2.45) is 11.7 Å². The van der Waals surface area contributed by atoms with Gasteiger partial charge in [0.1, 0.15) is 0 Å². The van der Waals surface area contributed by atoms with Crippen molar-refractivity contribution < 1.29 is 14.5 Å². The highest BCUT2D eigenvalue weighted by Crippen LogP contribution is 2.32. The maximum Gasteiger partial charge on any atom is 0.314 e. The lowest BCUT2D eigenvalue weighted by atomic mass is 9.86. The second kappa shape index (κ2) is 5.14. The van der Waals surface area contributed by atoms with Crippen molar-refractivity contribution in [3.05, 3.63) is 33.9 Å². The van der Waals surface area contributed by atoms with E-state index in [0.29, 0.717) is 5.56 Å². The van der Waals surface area contributed by atoms with Crippen LogP contribution in [-0.4, -0.2) is 10.9 Å². The summed E-state index contributed by atoms with van der Waals surface area (Å²) in [6.07, 6.45) is 2.59. The third-order valence-corrected chi connectivity index (χ3v) is 3.11. The first kappa shape index (κ1) is 12.5. The van der Waals surface area contributed by atoms with Gasteiger partial charge in [-0.05, 0) is 24.5 Å². The molecular weight excluding hydrogens is 236 g/mol. The fourth-order valence-electron chi connectivity index (χ4n) is 1.75. The Bertz CT molecular complexity index is 483. The topological polar surface area (TPSA) is 95.5 Å². The summed E-state index contributed by atoms with van der Waals surface area (Å²) in [5.41, 5.74) is 5.95. The molecule has 2 N–H and O–H groups in total. The van der Waals surface area contributed by atoms with Crippen molar-refractivity contribution in [2.45, 2.75) is 25.8 Å². The fraction of sp³-hybridized carbons (Fsp3) is 0.417. The molecule has 1 aromatic rings. The Hall–Kier alpha value is -1.95. The van der Waals surface area contributed by atoms with Gasteiger partial charge in [-0.15, -0.1) is 0 Å². The summed E-state index contributed by atoms with van der Waals surface area (Å²) in [6.45, 7) is 0.242. The molecule has 0 atom stereocenters. The largest absolute Gasteiger partial charge is 0.419 e. The van der Waals surface area contributed by atoms with E-state index in [1.54, 1.807) is 6.07 Å². The van der Waals surface area contributed by atoms with E-state index < -0.39 is 10.9 Å². The molecule has 1 fully saturated rings. The Morgan fingerprint density at radius 3 is 2.72 bits per heavy atom. The predicted octanol–water partition coefficient (Wildman–Crippen LogP) is 1.76. The molecule has 18 heavy (non-hydrogen) atoms. The van der Waals surface area contributed by atoms with Crippen molar-refractivity contribution in [2.75, 3.05) is 0 Å². The van der Waals surface area contributed by atoms with Crippen LogP contribution in [0.15, 0.2) is 18.2 Å². The number of esters is 1. The quantitative estimate of drug-likeness (QED) is 0.380. The number of nitro benzene ring substituents is 1. The van der Waals surface area contributed by atoms with Crippen molar-refractivity contribution in [1.29, 1.82) is 0 Å². The molecule has 0 amide bonds. The van der Waals surface area contributed by atoms with E-state index >= 15 is 0 Å². The number of nitrogens with zero attached hydrogens (tertiary/aromatic N) is 1. The first-order valence-electron chi connectivity index (χ1n) is 5.81. The third kappa shape index (κ3) is 2.48. The molecule has 1 aliphatic carbocycles. The van der Waals surface area contributed by atoms with Gasteiger partial charge in [0, 0.05) is 12.6 Å². The maximum atomic E-state index is 11.7. The molecule has 6 heteroatoms. The van der Waals surface area contributed by atoms with Gasteiger partial charge in [-0.25, -0.2) is 0 Å². The van der Waals surface area contributed by atoms with Crippen LogP contribution in [0.5, 0.6) is 5.75 Å². The molecule has 0 aromatic heterocycles. The van der Waals surface area contributed by atoms with Crippen molar-refractivity contribution in [1.82, 2.24) is 0 Å². The van der Waals surface area contributed by atoms with Crippen LogP contribution in [0.2, 0.25) is 0 Å². The third-order valence-electron chi connectivity index (χ3n) is 3.11. The normalized spacial score (nSPS) is 14.9. The number of ether oxygens (including phenoxy) is 1. The number of hydrogen-bond donors (Lipinski definition) is 1. The molecule has 1 aliphatic rings. The Kier molecular flexibility index (Phi) is 3.57. The highest BCUT2D eigenvalue weighted by atomic mass is 16.6. The average Bonchev–Trinajstić information content (AvgIpc) is 2.25. The maximum absolute atomic E-state index is 11.7. The number of rotatable bonds is 4. The molecule has 2 rings (SSSR count). The summed E-state index contributed by atoms with van der Waals surface area (Å²) < 4.78 is 5.12. The van der Waals surface area contributed by atoms with E-state index in [1.165, 1.54) is 12.1 Å². The molecule has 6 nitrogen and oxygen atoms in total. The van der Waals surface area contributed by atoms with Gasteiger partial charge in [0.2, 0.25) is 5.75 Å². The summed E-state index contributed by atoms with van der Waals surface area (Å²) in [5, 5.41) is 10.8. The molecule has 0 aliphatic heterocycles. The van der Waals surface area contributed by atoms with E-state index in [-0.39, 0.29) is 23.9 Å². The van der Waals surface area contributed by atoms with Gasteiger partial charge in [-0.3, -0.25) is 14.9 Å². The first-order chi connectivity index (χ1) is 8.61. The number of carbonyl (C=O) groups is 1. The average molecular weight is 250 g/mol. The minimum Gasteiger partial charge on any atom is -0.419 e. The van der Waals surface area contributed by atoms with Gasteiger partial charge in [0.15, 0.2) is 0 Å². The summed E-state index contributed by atoms with van der Waals surface area (Å²) in [4.78, 5) is 22.0. The summed E-state index contributed by atoms with van der Waals surface area (Å²) in [6, 6.07) is 4.32. The molecule has 0 spiro atoms. The molecule has 1 aromatic carbocycles. The zero-order valence-corrected chi connectivity index (χ0v) is 9.80. The Balaban J connectivity index is 2.22. The van der Waals surface area contributed by atoms with E-state index in [0.717, 1.165) is 19.3 Å². The van der Waals surface area contributed by atoms with Crippen LogP contribution < -0.4 is 10.5 Å². The number of nitro groups is 1. The lowest BCUT2D eigenvalue weighted by Gasteiger charge is -2.22. The summed E-state index contributed by atoms with van der Waals surface area (Å²) in [5.74, 6) is -0.524. The van der Waals surface area contributed by atoms with Crippen LogP contribution in [0.25, 0.3) is 0 Å². The van der Waals surface area contributed by atoms with Gasteiger partial charge in [0.25, 0.3) is 0 Å². The van der Waals surface area contributed by atoms with Gasteiger partial charge < -0.3 is 10.5 Å². The highest BCUT2D eigenvalue weighted by Gasteiger charge is 2.29. The minimum absolute atomic E-state index is 0.0140. The predicted molar refractivity (Wildman–Crippen MR) is 64.0 cm³/mol. The SMILES string of the molecule is NCc1ccc([N+](=O)[O-])c(OC(=O)C2CCC2)c1. The molecule has 0 saturated heterocycles. The fourth-order valence-corrected chi connectivity index (χ4v) is 1.75. The van der Waals surface area contributed by atoms with E-state index in [4.69, 9.17) is 10.5 Å². The zero-order chi connectivity index (χ0) is 13.1. The van der Waals surface area contributed by atoms with Crippen LogP contribution in [0, 0.1) is 16.0 Å². The number of hydrogen-bond acceptors (Lipinski definition) is 5. The van der Waals surface area contributed by atoms with Crippen LogP contribution in [0.3, 0.4) is 0 Å². The van der Waals surface area contributed by atoms with Gasteiger partial charge in [-0.2, -0.15) is 0 Å². The van der Waals surface area contributed by atoms with Crippen LogP contribution in [-0.2, 0) is 11.3 Å². The number of benzene rings is 1. The Morgan fingerprint density at radius 1 is 1.50 bits per heavy atom.